The Morgan fingerprint density at radius 2 is 1.86 bits per heavy atom. The Kier molecular flexibility index (Phi) is 5.72. The summed E-state index contributed by atoms with van der Waals surface area (Å²) >= 11 is 12.9. The first-order chi connectivity index (χ1) is 10.5. The SMILES string of the molecule is COc1cc(C(=O)Nc2ccc(Br)cc2Br)cc(Cl)c1OC. The van der Waals surface area contributed by atoms with Crippen LogP contribution >= 0.6 is 43.5 Å². The van der Waals surface area contributed by atoms with Crippen LogP contribution < -0.4 is 14.8 Å². The molecule has 0 aliphatic rings. The van der Waals surface area contributed by atoms with E-state index in [2.05, 4.69) is 37.2 Å². The minimum absolute atomic E-state index is 0.300. The van der Waals surface area contributed by atoms with Gasteiger partial charge in [-0.15, -0.1) is 0 Å². The number of benzene rings is 2. The maximum Gasteiger partial charge on any atom is 0.255 e. The first kappa shape index (κ1) is 17.1. The zero-order valence-electron chi connectivity index (χ0n) is 11.7. The van der Waals surface area contributed by atoms with E-state index in [-0.39, 0.29) is 5.91 Å². The lowest BCUT2D eigenvalue weighted by Gasteiger charge is -2.12. The molecule has 2 aromatic carbocycles. The number of methoxy groups -OCH3 is 2. The Balaban J connectivity index is 2.31. The van der Waals surface area contributed by atoms with Crippen molar-refractivity contribution in [2.45, 2.75) is 0 Å². The Bertz CT molecular complexity index is 722. The summed E-state index contributed by atoms with van der Waals surface area (Å²) in [7, 11) is 2.98. The molecule has 0 aromatic heterocycles. The van der Waals surface area contributed by atoms with Crippen molar-refractivity contribution in [2.24, 2.45) is 0 Å². The molecule has 7 heteroatoms. The summed E-state index contributed by atoms with van der Waals surface area (Å²) in [5.74, 6) is 0.492. The van der Waals surface area contributed by atoms with Crippen molar-refractivity contribution in [2.75, 3.05) is 19.5 Å². The van der Waals surface area contributed by atoms with Gasteiger partial charge in [0.05, 0.1) is 24.9 Å². The van der Waals surface area contributed by atoms with Gasteiger partial charge in [-0.25, -0.2) is 0 Å². The van der Waals surface area contributed by atoms with Crippen molar-refractivity contribution in [3.05, 3.63) is 49.9 Å². The molecule has 0 radical (unpaired) electrons. The van der Waals surface area contributed by atoms with Gasteiger partial charge < -0.3 is 14.8 Å². The van der Waals surface area contributed by atoms with Crippen molar-refractivity contribution >= 4 is 55.1 Å². The van der Waals surface area contributed by atoms with Crippen molar-refractivity contribution in [1.82, 2.24) is 0 Å². The smallest absolute Gasteiger partial charge is 0.255 e. The number of carbonyl (C=O) groups is 1. The molecule has 22 heavy (non-hydrogen) atoms. The normalized spacial score (nSPS) is 10.2. The zero-order chi connectivity index (χ0) is 16.3. The van der Waals surface area contributed by atoms with Crippen LogP contribution in [0.4, 0.5) is 5.69 Å². The molecule has 0 saturated heterocycles. The minimum Gasteiger partial charge on any atom is -0.493 e. The molecule has 2 aromatic rings. The van der Waals surface area contributed by atoms with E-state index in [4.69, 9.17) is 21.1 Å². The van der Waals surface area contributed by atoms with Crippen LogP contribution in [0.5, 0.6) is 11.5 Å². The standard InChI is InChI=1S/C15H12Br2ClNO3/c1-21-13-6-8(5-11(18)14(13)22-2)15(20)19-12-4-3-9(16)7-10(12)17/h3-7H,1-2H3,(H,19,20). The number of hydrogen-bond donors (Lipinski definition) is 1. The Morgan fingerprint density at radius 3 is 2.45 bits per heavy atom. The van der Waals surface area contributed by atoms with Crippen LogP contribution in [0, 0.1) is 0 Å². The molecule has 0 fully saturated rings. The van der Waals surface area contributed by atoms with Crippen LogP contribution in [0.3, 0.4) is 0 Å². The highest BCUT2D eigenvalue weighted by atomic mass is 79.9. The van der Waals surface area contributed by atoms with Gasteiger partial charge in [0.1, 0.15) is 0 Å². The highest BCUT2D eigenvalue weighted by molar-refractivity contribution is 9.11. The fraction of sp³-hybridized carbons (Fsp3) is 0.133. The van der Waals surface area contributed by atoms with Gasteiger partial charge in [0.25, 0.3) is 5.91 Å². The molecule has 0 aliphatic carbocycles. The Morgan fingerprint density at radius 1 is 1.14 bits per heavy atom. The van der Waals surface area contributed by atoms with Crippen LogP contribution in [0.2, 0.25) is 5.02 Å². The molecule has 0 bridgehead atoms. The van der Waals surface area contributed by atoms with E-state index >= 15 is 0 Å². The molecule has 1 N–H and O–H groups in total. The number of anilines is 1. The third-order valence-corrected chi connectivity index (χ3v) is 4.31. The van der Waals surface area contributed by atoms with Gasteiger partial charge in [0.2, 0.25) is 0 Å². The average molecular weight is 450 g/mol. The number of rotatable bonds is 4. The molecular formula is C15H12Br2ClNO3. The van der Waals surface area contributed by atoms with Crippen LogP contribution in [0.25, 0.3) is 0 Å². The second-order valence-electron chi connectivity index (χ2n) is 4.27. The lowest BCUT2D eigenvalue weighted by molar-refractivity contribution is 0.102. The van der Waals surface area contributed by atoms with E-state index in [1.54, 1.807) is 12.1 Å². The van der Waals surface area contributed by atoms with E-state index in [9.17, 15) is 4.79 Å². The second-order valence-corrected chi connectivity index (χ2v) is 6.45. The zero-order valence-corrected chi connectivity index (χ0v) is 15.7. The molecule has 0 aliphatic heterocycles. The third kappa shape index (κ3) is 3.74. The largest absolute Gasteiger partial charge is 0.493 e. The number of amides is 1. The summed E-state index contributed by atoms with van der Waals surface area (Å²) in [4.78, 5) is 12.4. The molecule has 116 valence electrons. The first-order valence-corrected chi connectivity index (χ1v) is 8.10. The Labute approximate surface area is 150 Å². The fourth-order valence-corrected chi connectivity index (χ4v) is 3.27. The predicted octanol–water partition coefficient (Wildman–Crippen LogP) is 5.13. The molecular weight excluding hydrogens is 437 g/mol. The van der Waals surface area contributed by atoms with Gasteiger partial charge in [0.15, 0.2) is 11.5 Å². The molecule has 0 heterocycles. The van der Waals surface area contributed by atoms with Gasteiger partial charge in [-0.2, -0.15) is 0 Å². The maximum atomic E-state index is 12.4. The quantitative estimate of drug-likeness (QED) is 0.704. The molecule has 1 amide bonds. The molecule has 0 unspecified atom stereocenters. The monoisotopic (exact) mass is 447 g/mol. The molecule has 0 spiro atoms. The number of ether oxygens (including phenoxy) is 2. The highest BCUT2D eigenvalue weighted by Gasteiger charge is 2.16. The van der Waals surface area contributed by atoms with Gasteiger partial charge in [-0.3, -0.25) is 4.79 Å². The lowest BCUT2D eigenvalue weighted by Crippen LogP contribution is -2.12. The van der Waals surface area contributed by atoms with Crippen molar-refractivity contribution in [1.29, 1.82) is 0 Å². The number of nitrogens with one attached hydrogen (secondary N) is 1. The van der Waals surface area contributed by atoms with Crippen LogP contribution in [0.1, 0.15) is 10.4 Å². The van der Waals surface area contributed by atoms with Gasteiger partial charge in [0, 0.05) is 14.5 Å². The van der Waals surface area contributed by atoms with Crippen LogP contribution in [0.15, 0.2) is 39.3 Å². The lowest BCUT2D eigenvalue weighted by atomic mass is 10.1. The van der Waals surface area contributed by atoms with E-state index in [0.717, 1.165) is 8.95 Å². The minimum atomic E-state index is -0.300. The third-order valence-electron chi connectivity index (χ3n) is 2.88. The summed E-state index contributed by atoms with van der Waals surface area (Å²) in [5.41, 5.74) is 1.02. The topological polar surface area (TPSA) is 47.6 Å². The Hall–Kier alpha value is -1.24. The fourth-order valence-electron chi connectivity index (χ4n) is 1.83. The van der Waals surface area contributed by atoms with E-state index in [1.807, 2.05) is 12.1 Å². The number of carbonyl (C=O) groups excluding carboxylic acids is 1. The maximum absolute atomic E-state index is 12.4. The predicted molar refractivity (Wildman–Crippen MR) is 94.4 cm³/mol. The molecule has 2 rings (SSSR count). The average Bonchev–Trinajstić information content (AvgIpc) is 2.49. The molecule has 0 atom stereocenters. The van der Waals surface area contributed by atoms with Crippen molar-refractivity contribution in [3.8, 4) is 11.5 Å². The van der Waals surface area contributed by atoms with E-state index in [1.165, 1.54) is 20.3 Å². The summed E-state index contributed by atoms with van der Waals surface area (Å²) in [6.45, 7) is 0. The van der Waals surface area contributed by atoms with Gasteiger partial charge in [-0.05, 0) is 46.3 Å². The van der Waals surface area contributed by atoms with Gasteiger partial charge >= 0.3 is 0 Å². The first-order valence-electron chi connectivity index (χ1n) is 6.14. The van der Waals surface area contributed by atoms with Crippen molar-refractivity contribution in [3.63, 3.8) is 0 Å². The van der Waals surface area contributed by atoms with Crippen LogP contribution in [-0.2, 0) is 0 Å². The van der Waals surface area contributed by atoms with E-state index in [0.29, 0.717) is 27.8 Å². The number of halogens is 3. The molecule has 0 saturated carbocycles. The summed E-state index contributed by atoms with van der Waals surface area (Å²) in [5, 5.41) is 3.12. The van der Waals surface area contributed by atoms with Crippen LogP contribution in [-0.4, -0.2) is 20.1 Å². The molecule has 4 nitrogen and oxygen atoms in total. The van der Waals surface area contributed by atoms with Crippen molar-refractivity contribution < 1.29 is 14.3 Å². The summed E-state index contributed by atoms with van der Waals surface area (Å²) < 4.78 is 12.0. The summed E-state index contributed by atoms with van der Waals surface area (Å²) in [6, 6.07) is 8.57. The number of hydrogen-bond acceptors (Lipinski definition) is 3. The van der Waals surface area contributed by atoms with E-state index < -0.39 is 0 Å². The highest BCUT2D eigenvalue weighted by Crippen LogP contribution is 2.36. The summed E-state index contributed by atoms with van der Waals surface area (Å²) in [6.07, 6.45) is 0. The van der Waals surface area contributed by atoms with Gasteiger partial charge in [-0.1, -0.05) is 27.5 Å². The second kappa shape index (κ2) is 7.35.